The van der Waals surface area contributed by atoms with Gasteiger partial charge in [-0.15, -0.1) is 6.58 Å². The predicted octanol–water partition coefficient (Wildman–Crippen LogP) is 2.90. The van der Waals surface area contributed by atoms with Gasteiger partial charge < -0.3 is 9.64 Å². The predicted molar refractivity (Wildman–Crippen MR) is 73.8 cm³/mol. The zero-order valence-electron chi connectivity index (χ0n) is 9.86. The van der Waals surface area contributed by atoms with Gasteiger partial charge in [0.2, 0.25) is 0 Å². The third-order valence-corrected chi connectivity index (χ3v) is 2.87. The minimum absolute atomic E-state index is 0.610. The number of carbonyl (C=O) groups is 1. The Labute approximate surface area is 110 Å². The summed E-state index contributed by atoms with van der Waals surface area (Å²) >= 11 is 3.41. The van der Waals surface area contributed by atoms with E-state index in [1.807, 2.05) is 18.2 Å². The first-order valence-corrected chi connectivity index (χ1v) is 6.11. The van der Waals surface area contributed by atoms with Crippen molar-refractivity contribution in [3.63, 3.8) is 0 Å². The van der Waals surface area contributed by atoms with Crippen molar-refractivity contribution in [3.05, 3.63) is 40.9 Å². The maximum absolute atomic E-state index is 11.0. The second-order valence-electron chi connectivity index (χ2n) is 3.55. The second-order valence-corrected chi connectivity index (χ2v) is 4.46. The molecule has 0 saturated heterocycles. The van der Waals surface area contributed by atoms with Gasteiger partial charge in [0.25, 0.3) is 0 Å². The lowest BCUT2D eigenvalue weighted by Gasteiger charge is -2.24. The zero-order chi connectivity index (χ0) is 12.7. The van der Waals surface area contributed by atoms with E-state index >= 15 is 0 Å². The van der Waals surface area contributed by atoms with Gasteiger partial charge in [-0.1, -0.05) is 22.0 Å². The molecule has 0 aliphatic rings. The summed E-state index contributed by atoms with van der Waals surface area (Å²) in [5, 5.41) is 0. The number of aldehydes is 1. The van der Waals surface area contributed by atoms with Crippen LogP contribution in [-0.4, -0.2) is 33.1 Å². The number of hydrogen-bond acceptors (Lipinski definition) is 3. The Balaban J connectivity index is 3.01. The molecular formula is C13H16BrNO2. The van der Waals surface area contributed by atoms with Crippen molar-refractivity contribution in [2.45, 2.75) is 0 Å². The van der Waals surface area contributed by atoms with Gasteiger partial charge in [0.15, 0.2) is 6.29 Å². The van der Waals surface area contributed by atoms with Crippen molar-refractivity contribution in [1.29, 1.82) is 0 Å². The summed E-state index contributed by atoms with van der Waals surface area (Å²) in [6.45, 7) is 5.74. The molecule has 0 amide bonds. The molecule has 1 aromatic rings. The topological polar surface area (TPSA) is 29.5 Å². The molecule has 0 bridgehead atoms. The van der Waals surface area contributed by atoms with Gasteiger partial charge in [0.1, 0.15) is 0 Å². The van der Waals surface area contributed by atoms with Crippen LogP contribution in [0.4, 0.5) is 5.69 Å². The van der Waals surface area contributed by atoms with E-state index in [0.717, 1.165) is 23.0 Å². The molecule has 1 aromatic carbocycles. The number of ether oxygens (including phenoxy) is 1. The molecule has 0 radical (unpaired) electrons. The summed E-state index contributed by atoms with van der Waals surface area (Å²) in [5.74, 6) is 0. The first-order valence-electron chi connectivity index (χ1n) is 5.32. The number of benzene rings is 1. The number of methoxy groups -OCH3 is 1. The van der Waals surface area contributed by atoms with Crippen LogP contribution in [-0.2, 0) is 4.74 Å². The van der Waals surface area contributed by atoms with Gasteiger partial charge in [0, 0.05) is 35.9 Å². The van der Waals surface area contributed by atoms with Gasteiger partial charge >= 0.3 is 0 Å². The van der Waals surface area contributed by atoms with Crippen molar-refractivity contribution in [2.24, 2.45) is 0 Å². The van der Waals surface area contributed by atoms with E-state index in [-0.39, 0.29) is 0 Å². The van der Waals surface area contributed by atoms with Crippen LogP contribution in [0.2, 0.25) is 0 Å². The van der Waals surface area contributed by atoms with Crippen LogP contribution in [0.15, 0.2) is 35.3 Å². The number of anilines is 1. The summed E-state index contributed by atoms with van der Waals surface area (Å²) in [6.07, 6.45) is 2.68. The van der Waals surface area contributed by atoms with Crippen molar-refractivity contribution < 1.29 is 9.53 Å². The Hall–Kier alpha value is -1.13. The van der Waals surface area contributed by atoms with Crippen LogP contribution < -0.4 is 4.90 Å². The van der Waals surface area contributed by atoms with E-state index in [0.29, 0.717) is 18.7 Å². The van der Waals surface area contributed by atoms with Crippen LogP contribution in [0.1, 0.15) is 10.4 Å². The molecule has 4 heteroatoms. The number of nitrogens with zero attached hydrogens (tertiary/aromatic N) is 1. The first-order chi connectivity index (χ1) is 8.22. The lowest BCUT2D eigenvalue weighted by molar-refractivity contribution is 0.112. The molecule has 92 valence electrons. The number of rotatable bonds is 7. The highest BCUT2D eigenvalue weighted by atomic mass is 79.9. The Morgan fingerprint density at radius 2 is 2.29 bits per heavy atom. The maximum Gasteiger partial charge on any atom is 0.152 e. The van der Waals surface area contributed by atoms with Crippen LogP contribution in [0.3, 0.4) is 0 Å². The van der Waals surface area contributed by atoms with Crippen LogP contribution in [0, 0.1) is 0 Å². The molecule has 0 atom stereocenters. The maximum atomic E-state index is 11.0. The third-order valence-electron chi connectivity index (χ3n) is 2.37. The summed E-state index contributed by atoms with van der Waals surface area (Å²) < 4.78 is 6.02. The van der Waals surface area contributed by atoms with E-state index < -0.39 is 0 Å². The molecule has 0 unspecified atom stereocenters. The molecule has 0 spiro atoms. The SMILES string of the molecule is C=CCN(CCOC)c1cc(Br)ccc1C=O. The number of hydrogen-bond donors (Lipinski definition) is 0. The van der Waals surface area contributed by atoms with Gasteiger partial charge in [0.05, 0.1) is 6.61 Å². The van der Waals surface area contributed by atoms with Crippen molar-refractivity contribution in [3.8, 4) is 0 Å². The smallest absolute Gasteiger partial charge is 0.152 e. The fourth-order valence-electron chi connectivity index (χ4n) is 1.56. The molecule has 0 aliphatic heterocycles. The highest BCUT2D eigenvalue weighted by Gasteiger charge is 2.10. The summed E-state index contributed by atoms with van der Waals surface area (Å²) in [6, 6.07) is 5.59. The van der Waals surface area contributed by atoms with Gasteiger partial charge in [-0.3, -0.25) is 4.79 Å². The van der Waals surface area contributed by atoms with Gasteiger partial charge in [-0.05, 0) is 18.2 Å². The molecule has 3 nitrogen and oxygen atoms in total. The highest BCUT2D eigenvalue weighted by molar-refractivity contribution is 9.10. The third kappa shape index (κ3) is 3.98. The average Bonchev–Trinajstić information content (AvgIpc) is 2.34. The number of carbonyl (C=O) groups excluding carboxylic acids is 1. The van der Waals surface area contributed by atoms with Crippen LogP contribution in [0.5, 0.6) is 0 Å². The van der Waals surface area contributed by atoms with E-state index in [1.54, 1.807) is 13.2 Å². The second kappa shape index (κ2) is 7.25. The van der Waals surface area contributed by atoms with Crippen LogP contribution >= 0.6 is 15.9 Å². The fraction of sp³-hybridized carbons (Fsp3) is 0.308. The van der Waals surface area contributed by atoms with Crippen molar-refractivity contribution in [2.75, 3.05) is 31.7 Å². The Morgan fingerprint density at radius 3 is 2.88 bits per heavy atom. The first kappa shape index (κ1) is 13.9. The molecule has 0 aliphatic carbocycles. The molecule has 17 heavy (non-hydrogen) atoms. The van der Waals surface area contributed by atoms with E-state index in [4.69, 9.17) is 4.74 Å². The van der Waals surface area contributed by atoms with Crippen molar-refractivity contribution in [1.82, 2.24) is 0 Å². The average molecular weight is 298 g/mol. The van der Waals surface area contributed by atoms with E-state index in [1.165, 1.54) is 0 Å². The minimum Gasteiger partial charge on any atom is -0.383 e. The largest absolute Gasteiger partial charge is 0.383 e. The van der Waals surface area contributed by atoms with Crippen molar-refractivity contribution >= 4 is 27.9 Å². The molecule has 0 saturated carbocycles. The number of halogens is 1. The Morgan fingerprint density at radius 1 is 1.53 bits per heavy atom. The lowest BCUT2D eigenvalue weighted by Crippen LogP contribution is -2.28. The molecule has 0 heterocycles. The van der Waals surface area contributed by atoms with E-state index in [2.05, 4.69) is 27.4 Å². The molecular weight excluding hydrogens is 282 g/mol. The Bertz CT molecular complexity index is 393. The summed E-state index contributed by atoms with van der Waals surface area (Å²) in [4.78, 5) is 13.1. The van der Waals surface area contributed by atoms with Gasteiger partial charge in [-0.2, -0.15) is 0 Å². The molecule has 0 aromatic heterocycles. The normalized spacial score (nSPS) is 10.0. The summed E-state index contributed by atoms with van der Waals surface area (Å²) in [5.41, 5.74) is 1.57. The molecule has 0 fully saturated rings. The summed E-state index contributed by atoms with van der Waals surface area (Å²) in [7, 11) is 1.66. The molecule has 1 rings (SSSR count). The standard InChI is InChI=1S/C13H16BrNO2/c1-3-6-15(7-8-17-2)13-9-12(14)5-4-11(13)10-16/h3-5,9-10H,1,6-8H2,2H3. The Kier molecular flexibility index (Phi) is 5.94. The fourth-order valence-corrected chi connectivity index (χ4v) is 1.91. The lowest BCUT2D eigenvalue weighted by atomic mass is 10.1. The molecule has 0 N–H and O–H groups in total. The quantitative estimate of drug-likeness (QED) is 0.572. The van der Waals surface area contributed by atoms with Gasteiger partial charge in [-0.25, -0.2) is 0 Å². The zero-order valence-corrected chi connectivity index (χ0v) is 11.4. The van der Waals surface area contributed by atoms with E-state index in [9.17, 15) is 4.79 Å². The highest BCUT2D eigenvalue weighted by Crippen LogP contribution is 2.24. The minimum atomic E-state index is 0.610. The monoisotopic (exact) mass is 297 g/mol. The van der Waals surface area contributed by atoms with Crippen LogP contribution in [0.25, 0.3) is 0 Å².